The highest BCUT2D eigenvalue weighted by Gasteiger charge is 2.73. The van der Waals surface area contributed by atoms with Crippen molar-refractivity contribution in [2.24, 2.45) is 11.8 Å². The second-order valence-corrected chi connectivity index (χ2v) is 28.2. The van der Waals surface area contributed by atoms with Gasteiger partial charge in [0, 0.05) is 47.9 Å². The van der Waals surface area contributed by atoms with Gasteiger partial charge in [0.05, 0.1) is 35.2 Å². The van der Waals surface area contributed by atoms with Crippen molar-refractivity contribution in [2.45, 2.75) is 291 Å². The minimum absolute atomic E-state index is 0.0942. The predicted octanol–water partition coefficient (Wildman–Crippen LogP) is 16.6. The SMILES string of the molecule is C=C1CC[C@@]2(O)C3Cc4ccc(O)c5c4[C@@]2(CCN3CC2CC2)[C@H]1O5.C=C1CC[C@@]2(O)C3Cc4ccc(OC(=O)OCCCCCCCCCCCCCC)c5c4[C@@]2(CCN3CC2CC2)[C@H]1O5.CCCCCCCCCCCCCCOC(=O)Cl. The zero-order valence-corrected chi connectivity index (χ0v) is 53.1. The molecule has 0 amide bonds. The van der Waals surface area contributed by atoms with Gasteiger partial charge in [-0.3, -0.25) is 9.80 Å². The molecule has 6 aliphatic carbocycles. The third-order valence-electron chi connectivity index (χ3n) is 22.0. The molecule has 0 aromatic heterocycles. The summed E-state index contributed by atoms with van der Waals surface area (Å²) >= 11 is 5.06. The van der Waals surface area contributed by atoms with Crippen molar-refractivity contribution < 1.29 is 48.6 Å². The molecule has 13 heteroatoms. The van der Waals surface area contributed by atoms with Gasteiger partial charge in [-0.1, -0.05) is 180 Å². The number of hydrogen-bond acceptors (Lipinski definition) is 12. The molecule has 12 nitrogen and oxygen atoms in total. The van der Waals surface area contributed by atoms with Gasteiger partial charge in [0.1, 0.15) is 12.2 Å². The van der Waals surface area contributed by atoms with E-state index in [1.807, 2.05) is 12.1 Å². The number of aliphatic hydroxyl groups is 2. The maximum Gasteiger partial charge on any atom is 0.513 e. The molecule has 8 atom stereocenters. The second kappa shape index (κ2) is 29.2. The number of benzene rings is 2. The van der Waals surface area contributed by atoms with Crippen LogP contribution in [0.4, 0.5) is 9.59 Å². The molecule has 4 saturated carbocycles. The molecule has 4 aliphatic heterocycles. The summed E-state index contributed by atoms with van der Waals surface area (Å²) in [5.74, 6) is 3.45. The lowest BCUT2D eigenvalue weighted by molar-refractivity contribution is -0.174. The fourth-order valence-corrected chi connectivity index (χ4v) is 17.2. The molecule has 0 radical (unpaired) electrons. The third kappa shape index (κ3) is 13.8. The van der Waals surface area contributed by atoms with E-state index in [2.05, 4.69) is 47.6 Å². The number of nitrogens with zero attached hydrogens (tertiary/aromatic N) is 2. The van der Waals surface area contributed by atoms with Gasteiger partial charge in [0.15, 0.2) is 23.0 Å². The van der Waals surface area contributed by atoms with Gasteiger partial charge in [0.2, 0.25) is 0 Å². The van der Waals surface area contributed by atoms with Crippen LogP contribution < -0.4 is 14.2 Å². The standard InChI is InChI=1S/C36H53NO5.C21H25NO3.C15H29ClO2/c1-3-4-5-6-7-8-9-10-11-12-13-14-23-40-34(38)41-29-18-17-28-24-30-36(39)20-19-26(2)33-35(36,31(28)32(29)42-33)21-22-37(30)25-27-15-16-27;1-12-6-7-21(24)16-10-14-4-5-15(23)18-17(14)20(21,19(12)25-18)8-9-22(16)11-13-2-3-13;1-2-3-4-5-6-7-8-9-10-11-12-13-14-18-15(16)17/h17-18,27,30,33,39H,2-16,19-25H2,1H3;4-5,13,16,19,23-24H,1-3,6-11H2;2-14H2,1H3/t30?,33-,35-,36+;16?,19-,20-,21+;/m00./s1. The third-order valence-corrected chi connectivity index (χ3v) is 22.1. The molecule has 85 heavy (non-hydrogen) atoms. The van der Waals surface area contributed by atoms with Crippen LogP contribution in [-0.4, -0.2) is 112 Å². The number of aromatic hydroxyl groups is 1. The van der Waals surface area contributed by atoms with E-state index in [4.69, 9.17) is 30.5 Å². The molecule has 472 valence electrons. The van der Waals surface area contributed by atoms with Crippen molar-refractivity contribution in [1.82, 2.24) is 9.80 Å². The van der Waals surface area contributed by atoms with Crippen LogP contribution in [0.25, 0.3) is 0 Å². The fourth-order valence-electron chi connectivity index (χ4n) is 17.2. The fraction of sp³-hybridized carbons (Fsp3) is 0.750. The Kier molecular flexibility index (Phi) is 22.1. The molecular weight excluding hydrogens is 1090 g/mol. The summed E-state index contributed by atoms with van der Waals surface area (Å²) in [6, 6.07) is 8.01. The summed E-state index contributed by atoms with van der Waals surface area (Å²) in [5, 5.41) is 35.0. The highest BCUT2D eigenvalue weighted by Crippen LogP contribution is 2.68. The Balaban J connectivity index is 0.000000158. The molecule has 2 aromatic carbocycles. The average molecular weight is 1200 g/mol. The van der Waals surface area contributed by atoms with Crippen LogP contribution >= 0.6 is 11.6 Å². The van der Waals surface area contributed by atoms with E-state index >= 15 is 0 Å². The quantitative estimate of drug-likeness (QED) is 0.0217. The number of carbonyl (C=O) groups excluding carboxylic acids is 2. The van der Waals surface area contributed by atoms with Gasteiger partial charge >= 0.3 is 11.6 Å². The van der Waals surface area contributed by atoms with Crippen molar-refractivity contribution >= 4 is 23.2 Å². The highest BCUT2D eigenvalue weighted by molar-refractivity contribution is 6.61. The first-order valence-corrected chi connectivity index (χ1v) is 35.0. The van der Waals surface area contributed by atoms with Gasteiger partial charge in [-0.2, -0.15) is 0 Å². The topological polar surface area (TPSA) is 147 Å². The van der Waals surface area contributed by atoms with E-state index in [-0.39, 0.29) is 30.0 Å². The van der Waals surface area contributed by atoms with E-state index in [1.54, 1.807) is 6.07 Å². The van der Waals surface area contributed by atoms with E-state index in [0.717, 1.165) is 131 Å². The first kappa shape index (κ1) is 64.2. The Morgan fingerprint density at radius 2 is 0.965 bits per heavy atom. The molecule has 4 heterocycles. The van der Waals surface area contributed by atoms with E-state index < -0.39 is 33.6 Å². The summed E-state index contributed by atoms with van der Waals surface area (Å²) < 4.78 is 28.8. The van der Waals surface area contributed by atoms with Crippen LogP contribution in [0.15, 0.2) is 48.6 Å². The number of hydrogen-bond donors (Lipinski definition) is 3. The Bertz CT molecular complexity index is 2600. The second-order valence-electron chi connectivity index (χ2n) is 27.9. The zero-order valence-electron chi connectivity index (χ0n) is 52.4. The largest absolute Gasteiger partial charge is 0.513 e. The summed E-state index contributed by atoms with van der Waals surface area (Å²) in [6.45, 7) is 18.2. The molecule has 10 aliphatic rings. The number of piperidine rings is 2. The summed E-state index contributed by atoms with van der Waals surface area (Å²) in [6.07, 6.45) is 41.5. The first-order valence-electron chi connectivity index (χ1n) is 34.6. The summed E-state index contributed by atoms with van der Waals surface area (Å²) in [7, 11) is 0. The van der Waals surface area contributed by atoms with Crippen molar-refractivity contribution in [3.63, 3.8) is 0 Å². The summed E-state index contributed by atoms with van der Waals surface area (Å²) in [4.78, 5) is 28.1. The van der Waals surface area contributed by atoms with Crippen LogP contribution in [0, 0.1) is 11.8 Å². The van der Waals surface area contributed by atoms with Crippen LogP contribution in [0.1, 0.15) is 254 Å². The molecular formula is C72H107ClN2O10. The minimum atomic E-state index is -0.863. The lowest BCUT2D eigenvalue weighted by Gasteiger charge is -2.63. The minimum Gasteiger partial charge on any atom is -0.504 e. The first-order chi connectivity index (χ1) is 41.3. The Morgan fingerprint density at radius 3 is 1.40 bits per heavy atom. The Morgan fingerprint density at radius 1 is 0.565 bits per heavy atom. The molecule has 2 spiro atoms. The molecule has 12 rings (SSSR count). The van der Waals surface area contributed by atoms with Crippen molar-refractivity contribution in [2.75, 3.05) is 39.4 Å². The Labute approximate surface area is 515 Å². The lowest BCUT2D eigenvalue weighted by atomic mass is 9.48. The average Bonchev–Trinajstić information content (AvgIpc) is 1.56. The number of ether oxygens (including phenoxy) is 5. The smallest absolute Gasteiger partial charge is 0.504 e. The summed E-state index contributed by atoms with van der Waals surface area (Å²) in [5.41, 5.74) is 3.46. The number of phenols is 1. The van der Waals surface area contributed by atoms with Crippen LogP contribution in [0.3, 0.4) is 0 Å². The molecule has 4 bridgehead atoms. The number of phenolic OH excluding ortho intramolecular Hbond substituents is 1. The highest BCUT2D eigenvalue weighted by atomic mass is 35.5. The van der Waals surface area contributed by atoms with Gasteiger partial charge < -0.3 is 39.0 Å². The molecule has 2 unspecified atom stereocenters. The normalized spacial score (nSPS) is 28.9. The molecule has 2 saturated heterocycles. The maximum absolute atomic E-state index is 12.7. The van der Waals surface area contributed by atoms with Gasteiger partial charge in [-0.05, 0) is 149 Å². The van der Waals surface area contributed by atoms with Gasteiger partial charge in [0.25, 0.3) is 0 Å². The monoisotopic (exact) mass is 1190 g/mol. The number of unbranched alkanes of at least 4 members (excludes halogenated alkanes) is 22. The van der Waals surface area contributed by atoms with Crippen LogP contribution in [-0.2, 0) is 33.1 Å². The van der Waals surface area contributed by atoms with E-state index in [1.165, 1.54) is 165 Å². The molecule has 2 aromatic rings. The Hall–Kier alpha value is -3.81. The number of rotatable bonds is 31. The van der Waals surface area contributed by atoms with Gasteiger partial charge in [-0.15, -0.1) is 0 Å². The van der Waals surface area contributed by atoms with E-state index in [0.29, 0.717) is 36.9 Å². The van der Waals surface area contributed by atoms with Crippen molar-refractivity contribution in [1.29, 1.82) is 0 Å². The number of carbonyl (C=O) groups is 2. The van der Waals surface area contributed by atoms with Gasteiger partial charge in [-0.25, -0.2) is 9.59 Å². The lowest BCUT2D eigenvalue weighted by Crippen LogP contribution is -2.75. The van der Waals surface area contributed by atoms with Crippen LogP contribution in [0.2, 0.25) is 0 Å². The molecule has 3 N–H and O–H groups in total. The maximum atomic E-state index is 12.7. The van der Waals surface area contributed by atoms with Crippen molar-refractivity contribution in [3.8, 4) is 23.0 Å². The molecule has 6 fully saturated rings. The van der Waals surface area contributed by atoms with Crippen LogP contribution in [0.5, 0.6) is 23.0 Å². The number of likely N-dealkylation sites (tertiary alicyclic amines) is 2. The predicted molar refractivity (Wildman–Crippen MR) is 338 cm³/mol. The van der Waals surface area contributed by atoms with Crippen molar-refractivity contribution in [3.05, 3.63) is 70.8 Å². The number of halogens is 1. The zero-order chi connectivity index (χ0) is 59.6. The van der Waals surface area contributed by atoms with E-state index in [9.17, 15) is 24.9 Å².